The summed E-state index contributed by atoms with van der Waals surface area (Å²) in [6.07, 6.45) is 4.10. The van der Waals surface area contributed by atoms with Gasteiger partial charge in [-0.15, -0.1) is 0 Å². The average molecular weight is 293 g/mol. The van der Waals surface area contributed by atoms with Crippen LogP contribution in [-0.2, 0) is 0 Å². The molecule has 4 heterocycles. The molecule has 2 aliphatic heterocycles. The summed E-state index contributed by atoms with van der Waals surface area (Å²) in [5.41, 5.74) is 1.82. The van der Waals surface area contributed by atoms with E-state index in [2.05, 4.69) is 26.9 Å². The molecule has 2 aliphatic rings. The van der Waals surface area contributed by atoms with Crippen molar-refractivity contribution in [2.24, 2.45) is 4.99 Å². The average Bonchev–Trinajstić information content (AvgIpc) is 2.62. The Morgan fingerprint density at radius 2 is 1.77 bits per heavy atom. The molecule has 112 valence electrons. The van der Waals surface area contributed by atoms with Crippen molar-refractivity contribution in [1.82, 2.24) is 14.9 Å². The summed E-state index contributed by atoms with van der Waals surface area (Å²) in [6.45, 7) is 4.11. The van der Waals surface area contributed by atoms with Gasteiger partial charge >= 0.3 is 0 Å². The van der Waals surface area contributed by atoms with Crippen molar-refractivity contribution in [2.45, 2.75) is 12.8 Å². The quantitative estimate of drug-likeness (QED) is 0.853. The fraction of sp³-hybridized carbons (Fsp3) is 0.353. The fourth-order valence-corrected chi connectivity index (χ4v) is 3.08. The first-order chi connectivity index (χ1) is 10.9. The van der Waals surface area contributed by atoms with Gasteiger partial charge in [-0.05, 0) is 37.1 Å². The van der Waals surface area contributed by atoms with Crippen LogP contribution in [0.5, 0.6) is 0 Å². The Hall–Kier alpha value is -2.43. The van der Waals surface area contributed by atoms with Crippen LogP contribution in [0.25, 0.3) is 11.4 Å². The largest absolute Gasteiger partial charge is 0.342 e. The van der Waals surface area contributed by atoms with Gasteiger partial charge in [0.2, 0.25) is 5.96 Å². The highest BCUT2D eigenvalue weighted by Crippen LogP contribution is 2.23. The van der Waals surface area contributed by atoms with E-state index < -0.39 is 0 Å². The molecule has 0 N–H and O–H groups in total. The van der Waals surface area contributed by atoms with Gasteiger partial charge in [0.1, 0.15) is 5.82 Å². The molecular formula is C17H19N5. The van der Waals surface area contributed by atoms with Crippen LogP contribution >= 0.6 is 0 Å². The van der Waals surface area contributed by atoms with Gasteiger partial charge in [0.15, 0.2) is 0 Å². The minimum atomic E-state index is 0.906. The number of guanidine groups is 1. The first-order valence-electron chi connectivity index (χ1n) is 7.87. The van der Waals surface area contributed by atoms with Crippen molar-refractivity contribution in [3.63, 3.8) is 0 Å². The first-order valence-corrected chi connectivity index (χ1v) is 7.87. The monoisotopic (exact) mass is 293 g/mol. The fourth-order valence-electron chi connectivity index (χ4n) is 3.08. The molecule has 2 aromatic heterocycles. The molecule has 22 heavy (non-hydrogen) atoms. The van der Waals surface area contributed by atoms with E-state index in [9.17, 15) is 0 Å². The van der Waals surface area contributed by atoms with E-state index in [1.165, 1.54) is 0 Å². The summed E-state index contributed by atoms with van der Waals surface area (Å²) in [5.74, 6) is 2.05. The smallest absolute Gasteiger partial charge is 0.202 e. The Balaban J connectivity index is 1.69. The van der Waals surface area contributed by atoms with Crippen molar-refractivity contribution in [2.75, 3.05) is 31.1 Å². The summed E-state index contributed by atoms with van der Waals surface area (Å²) in [5, 5.41) is 0. The standard InChI is InChI=1S/C17H19N5/c1-2-9-18-14(6-1)15-7-3-8-16(20-15)22-13-5-12-21-11-4-10-19-17(21)22/h1-3,6-9H,4-5,10-13H2. The molecule has 4 rings (SSSR count). The lowest BCUT2D eigenvalue weighted by atomic mass is 10.2. The van der Waals surface area contributed by atoms with Crippen LogP contribution in [0.3, 0.4) is 0 Å². The number of aromatic nitrogens is 2. The van der Waals surface area contributed by atoms with Crippen molar-refractivity contribution in [3.05, 3.63) is 42.6 Å². The highest BCUT2D eigenvalue weighted by molar-refractivity contribution is 5.96. The Kier molecular flexibility index (Phi) is 3.46. The lowest BCUT2D eigenvalue weighted by molar-refractivity contribution is 0.359. The van der Waals surface area contributed by atoms with Crippen molar-refractivity contribution < 1.29 is 0 Å². The normalized spacial score (nSPS) is 17.9. The molecule has 5 nitrogen and oxygen atoms in total. The van der Waals surface area contributed by atoms with E-state index in [-0.39, 0.29) is 0 Å². The number of rotatable bonds is 2. The number of nitrogens with zero attached hydrogens (tertiary/aromatic N) is 5. The maximum absolute atomic E-state index is 4.81. The summed E-state index contributed by atoms with van der Waals surface area (Å²) in [7, 11) is 0. The number of anilines is 1. The van der Waals surface area contributed by atoms with E-state index in [0.717, 1.165) is 62.2 Å². The summed E-state index contributed by atoms with van der Waals surface area (Å²) < 4.78 is 0. The van der Waals surface area contributed by atoms with E-state index in [0.29, 0.717) is 0 Å². The van der Waals surface area contributed by atoms with Gasteiger partial charge in [-0.2, -0.15) is 0 Å². The van der Waals surface area contributed by atoms with Crippen LogP contribution < -0.4 is 4.90 Å². The van der Waals surface area contributed by atoms with Gasteiger partial charge in [0.05, 0.1) is 11.4 Å². The van der Waals surface area contributed by atoms with Gasteiger partial charge in [0.25, 0.3) is 0 Å². The van der Waals surface area contributed by atoms with Gasteiger partial charge in [-0.25, -0.2) is 4.98 Å². The number of hydrogen-bond acceptors (Lipinski definition) is 5. The number of aliphatic imine (C=N–C) groups is 1. The van der Waals surface area contributed by atoms with Crippen molar-refractivity contribution in [1.29, 1.82) is 0 Å². The molecule has 1 saturated heterocycles. The zero-order valence-electron chi connectivity index (χ0n) is 12.5. The maximum Gasteiger partial charge on any atom is 0.202 e. The highest BCUT2D eigenvalue weighted by Gasteiger charge is 2.27. The summed E-state index contributed by atoms with van der Waals surface area (Å²) in [6, 6.07) is 12.0. The van der Waals surface area contributed by atoms with Crippen LogP contribution in [0.1, 0.15) is 12.8 Å². The minimum Gasteiger partial charge on any atom is -0.342 e. The molecule has 1 fully saturated rings. The van der Waals surface area contributed by atoms with Crippen LogP contribution in [0.15, 0.2) is 47.6 Å². The molecule has 0 atom stereocenters. The van der Waals surface area contributed by atoms with Crippen LogP contribution in [-0.4, -0.2) is 47.0 Å². The van der Waals surface area contributed by atoms with Crippen molar-refractivity contribution in [3.8, 4) is 11.4 Å². The molecule has 0 saturated carbocycles. The van der Waals surface area contributed by atoms with Gasteiger partial charge < -0.3 is 4.90 Å². The lowest BCUT2D eigenvalue weighted by Crippen LogP contribution is -2.52. The molecule has 2 aromatic rings. The SMILES string of the molecule is c1ccc(-c2cccc(N3CCCN4CCCN=C43)n2)nc1. The van der Waals surface area contributed by atoms with E-state index in [1.54, 1.807) is 6.20 Å². The first kappa shape index (κ1) is 13.2. The van der Waals surface area contributed by atoms with Crippen LogP contribution in [0.4, 0.5) is 5.82 Å². The highest BCUT2D eigenvalue weighted by atomic mass is 15.4. The van der Waals surface area contributed by atoms with E-state index >= 15 is 0 Å². The maximum atomic E-state index is 4.81. The molecular weight excluding hydrogens is 274 g/mol. The lowest BCUT2D eigenvalue weighted by Gasteiger charge is -2.40. The Labute approximate surface area is 130 Å². The molecule has 5 heteroatoms. The third-order valence-corrected chi connectivity index (χ3v) is 4.11. The second-order valence-corrected chi connectivity index (χ2v) is 5.62. The molecule has 0 radical (unpaired) electrons. The molecule has 0 amide bonds. The zero-order valence-corrected chi connectivity index (χ0v) is 12.5. The number of pyridine rings is 2. The van der Waals surface area contributed by atoms with Crippen LogP contribution in [0, 0.1) is 0 Å². The molecule has 0 spiro atoms. The topological polar surface area (TPSA) is 44.6 Å². The second-order valence-electron chi connectivity index (χ2n) is 5.62. The third kappa shape index (κ3) is 2.43. The minimum absolute atomic E-state index is 0.906. The Morgan fingerprint density at radius 3 is 2.68 bits per heavy atom. The molecule has 0 aromatic carbocycles. The van der Waals surface area contributed by atoms with Gasteiger partial charge in [-0.1, -0.05) is 12.1 Å². The Morgan fingerprint density at radius 1 is 0.864 bits per heavy atom. The number of fused-ring (bicyclic) bond motifs is 1. The van der Waals surface area contributed by atoms with E-state index in [1.807, 2.05) is 24.3 Å². The molecule has 0 aliphatic carbocycles. The van der Waals surface area contributed by atoms with Gasteiger partial charge in [-0.3, -0.25) is 14.9 Å². The van der Waals surface area contributed by atoms with Gasteiger partial charge in [0, 0.05) is 32.4 Å². The third-order valence-electron chi connectivity index (χ3n) is 4.11. The predicted molar refractivity (Wildman–Crippen MR) is 87.9 cm³/mol. The molecule has 0 unspecified atom stereocenters. The predicted octanol–water partition coefficient (Wildman–Crippen LogP) is 2.42. The van der Waals surface area contributed by atoms with E-state index in [4.69, 9.17) is 9.98 Å². The second kappa shape index (κ2) is 5.75. The Bertz CT molecular complexity index is 682. The summed E-state index contributed by atoms with van der Waals surface area (Å²) >= 11 is 0. The number of hydrogen-bond donors (Lipinski definition) is 0. The van der Waals surface area contributed by atoms with Crippen LogP contribution in [0.2, 0.25) is 0 Å². The molecule has 0 bridgehead atoms. The summed E-state index contributed by atoms with van der Waals surface area (Å²) in [4.78, 5) is 18.6. The zero-order chi connectivity index (χ0) is 14.8. The van der Waals surface area contributed by atoms with Crippen molar-refractivity contribution >= 4 is 11.8 Å².